The van der Waals surface area contributed by atoms with Crippen molar-refractivity contribution in [1.82, 2.24) is 19.9 Å². The summed E-state index contributed by atoms with van der Waals surface area (Å²) in [5.41, 5.74) is 3.93. The van der Waals surface area contributed by atoms with E-state index < -0.39 is 0 Å². The molecule has 0 spiro atoms. The molecule has 3 heterocycles. The second kappa shape index (κ2) is 8.50. The number of carbonyl (C=O) groups is 2. The maximum absolute atomic E-state index is 12.3. The third-order valence-corrected chi connectivity index (χ3v) is 6.03. The van der Waals surface area contributed by atoms with Crippen molar-refractivity contribution in [2.75, 3.05) is 6.54 Å². The van der Waals surface area contributed by atoms with Crippen LogP contribution >= 0.6 is 0 Å². The molecule has 0 aliphatic carbocycles. The minimum absolute atomic E-state index is 0.00490. The molecule has 7 nitrogen and oxygen atoms in total. The Morgan fingerprint density at radius 3 is 2.61 bits per heavy atom. The highest BCUT2D eigenvalue weighted by Gasteiger charge is 2.31. The first-order valence-corrected chi connectivity index (χ1v) is 11.0. The number of nitrogens with one attached hydrogen (secondary N) is 1. The Morgan fingerprint density at radius 2 is 1.91 bits per heavy atom. The average Bonchev–Trinajstić information content (AvgIpc) is 3.46. The van der Waals surface area contributed by atoms with Crippen LogP contribution in [0.5, 0.6) is 11.5 Å². The second-order valence-corrected chi connectivity index (χ2v) is 8.26. The van der Waals surface area contributed by atoms with E-state index in [1.54, 1.807) is 37.4 Å². The van der Waals surface area contributed by atoms with Gasteiger partial charge in [-0.05, 0) is 62.2 Å². The molecule has 1 atom stereocenters. The molecule has 166 valence electrons. The molecular formula is C26H24N4O3. The van der Waals surface area contributed by atoms with Crippen LogP contribution in [0.2, 0.25) is 0 Å². The van der Waals surface area contributed by atoms with Crippen LogP contribution in [0.3, 0.4) is 0 Å². The van der Waals surface area contributed by atoms with Crippen molar-refractivity contribution < 1.29 is 14.3 Å². The molecule has 0 saturated carbocycles. The first kappa shape index (κ1) is 20.9. The van der Waals surface area contributed by atoms with E-state index in [1.807, 2.05) is 35.2 Å². The molecule has 7 heteroatoms. The number of rotatable bonds is 5. The Balaban J connectivity index is 1.59. The number of fused-ring (bicyclic) bond motifs is 1. The number of likely N-dealkylation sites (tertiary alicyclic amines) is 1. The Bertz CT molecular complexity index is 1330. The van der Waals surface area contributed by atoms with Gasteiger partial charge in [-0.25, -0.2) is 4.98 Å². The minimum Gasteiger partial charge on any atom is -0.457 e. The lowest BCUT2D eigenvalue weighted by atomic mass is 10.0. The summed E-state index contributed by atoms with van der Waals surface area (Å²) in [4.78, 5) is 38.3. The minimum atomic E-state index is -0.0695. The largest absolute Gasteiger partial charge is 0.457 e. The Morgan fingerprint density at radius 1 is 1.09 bits per heavy atom. The number of hydrogen-bond acceptors (Lipinski definition) is 5. The lowest BCUT2D eigenvalue weighted by Gasteiger charge is -2.25. The third kappa shape index (κ3) is 4.09. The average molecular weight is 441 g/mol. The van der Waals surface area contributed by atoms with Gasteiger partial charge in [-0.3, -0.25) is 14.6 Å². The maximum Gasteiger partial charge on any atom is 0.219 e. The Kier molecular flexibility index (Phi) is 5.38. The summed E-state index contributed by atoms with van der Waals surface area (Å²) in [7, 11) is 0. The number of ketones is 1. The molecule has 1 saturated heterocycles. The number of aromatic nitrogens is 3. The standard InChI is InChI=1S/C26H24N4O3/c1-16(31)18-8-10-19(11-9-18)33-25-15-23-22(28-26(29-23)21-6-3-4-12-27-21)14-20(25)24-7-5-13-30(24)17(2)32/h3-4,6,8-12,14-15,24H,5,7,13H2,1-2H3,(H,28,29). The predicted octanol–water partition coefficient (Wildman–Crippen LogP) is 5.30. The molecule has 33 heavy (non-hydrogen) atoms. The number of ether oxygens (including phenoxy) is 1. The first-order chi connectivity index (χ1) is 16.0. The summed E-state index contributed by atoms with van der Waals surface area (Å²) in [6.45, 7) is 3.87. The highest BCUT2D eigenvalue weighted by atomic mass is 16.5. The molecule has 5 rings (SSSR count). The fourth-order valence-electron chi connectivity index (χ4n) is 4.38. The van der Waals surface area contributed by atoms with E-state index in [9.17, 15) is 9.59 Å². The number of aromatic amines is 1. The number of hydrogen-bond donors (Lipinski definition) is 1. The lowest BCUT2D eigenvalue weighted by Crippen LogP contribution is -2.28. The van der Waals surface area contributed by atoms with Gasteiger partial charge in [-0.15, -0.1) is 0 Å². The predicted molar refractivity (Wildman–Crippen MR) is 125 cm³/mol. The summed E-state index contributed by atoms with van der Waals surface area (Å²) in [6, 6.07) is 16.6. The van der Waals surface area contributed by atoms with E-state index in [2.05, 4.69) is 9.97 Å². The summed E-state index contributed by atoms with van der Waals surface area (Å²) in [6.07, 6.45) is 3.54. The molecule has 1 aliphatic rings. The summed E-state index contributed by atoms with van der Waals surface area (Å²) in [5.74, 6) is 2.00. The molecular weight excluding hydrogens is 416 g/mol. The van der Waals surface area contributed by atoms with Crippen molar-refractivity contribution >= 4 is 22.7 Å². The topological polar surface area (TPSA) is 88.2 Å². The van der Waals surface area contributed by atoms with Gasteiger partial charge in [0.2, 0.25) is 5.91 Å². The van der Waals surface area contributed by atoms with Crippen molar-refractivity contribution in [2.45, 2.75) is 32.7 Å². The summed E-state index contributed by atoms with van der Waals surface area (Å²) >= 11 is 0. The van der Waals surface area contributed by atoms with Crippen LogP contribution in [0.15, 0.2) is 60.8 Å². The first-order valence-electron chi connectivity index (χ1n) is 11.0. The van der Waals surface area contributed by atoms with Crippen molar-refractivity contribution in [3.63, 3.8) is 0 Å². The highest BCUT2D eigenvalue weighted by molar-refractivity contribution is 5.94. The zero-order valence-electron chi connectivity index (χ0n) is 18.5. The van der Waals surface area contributed by atoms with Gasteiger partial charge in [-0.1, -0.05) is 6.07 Å². The molecule has 0 radical (unpaired) electrons. The van der Waals surface area contributed by atoms with Gasteiger partial charge in [0.1, 0.15) is 17.2 Å². The van der Waals surface area contributed by atoms with E-state index in [-0.39, 0.29) is 17.7 Å². The molecule has 1 aliphatic heterocycles. The molecule has 4 aromatic rings. The molecule has 2 aromatic heterocycles. The van der Waals surface area contributed by atoms with Gasteiger partial charge >= 0.3 is 0 Å². The third-order valence-electron chi connectivity index (χ3n) is 6.03. The van der Waals surface area contributed by atoms with Crippen LogP contribution in [-0.4, -0.2) is 38.1 Å². The van der Waals surface area contributed by atoms with E-state index in [1.165, 1.54) is 6.92 Å². The molecule has 1 fully saturated rings. The quantitative estimate of drug-likeness (QED) is 0.425. The molecule has 1 amide bonds. The number of nitrogens with zero attached hydrogens (tertiary/aromatic N) is 3. The summed E-state index contributed by atoms with van der Waals surface area (Å²) < 4.78 is 6.29. The highest BCUT2D eigenvalue weighted by Crippen LogP contribution is 2.41. The SMILES string of the molecule is CC(=O)c1ccc(Oc2cc3nc(-c4ccccn4)[nH]c3cc2C2CCCN2C(C)=O)cc1. The number of imidazole rings is 1. The molecule has 1 N–H and O–H groups in total. The number of H-pyrrole nitrogens is 1. The van der Waals surface area contributed by atoms with E-state index in [0.717, 1.165) is 41.7 Å². The van der Waals surface area contributed by atoms with Gasteiger partial charge < -0.3 is 14.6 Å². The van der Waals surface area contributed by atoms with Crippen LogP contribution in [0.4, 0.5) is 0 Å². The fourth-order valence-corrected chi connectivity index (χ4v) is 4.38. The van der Waals surface area contributed by atoms with Crippen LogP contribution in [0.25, 0.3) is 22.6 Å². The van der Waals surface area contributed by atoms with Gasteiger partial charge in [0.25, 0.3) is 0 Å². The van der Waals surface area contributed by atoms with Gasteiger partial charge in [-0.2, -0.15) is 0 Å². The number of amides is 1. The van der Waals surface area contributed by atoms with Crippen LogP contribution in [0.1, 0.15) is 48.7 Å². The number of pyridine rings is 1. The maximum atomic E-state index is 12.3. The van der Waals surface area contributed by atoms with Gasteiger partial charge in [0.15, 0.2) is 11.6 Å². The Hall–Kier alpha value is -4.00. The number of carbonyl (C=O) groups excluding carboxylic acids is 2. The van der Waals surface area contributed by atoms with Crippen LogP contribution in [0, 0.1) is 0 Å². The van der Waals surface area contributed by atoms with Crippen LogP contribution < -0.4 is 4.74 Å². The lowest BCUT2D eigenvalue weighted by molar-refractivity contribution is -0.129. The van der Waals surface area contributed by atoms with Crippen LogP contribution in [-0.2, 0) is 4.79 Å². The second-order valence-electron chi connectivity index (χ2n) is 8.26. The van der Waals surface area contributed by atoms with Crippen molar-refractivity contribution in [3.8, 4) is 23.0 Å². The summed E-state index contributed by atoms with van der Waals surface area (Å²) in [5, 5.41) is 0. The number of benzene rings is 2. The Labute approximate surface area is 191 Å². The van der Waals surface area contributed by atoms with Gasteiger partial charge in [0, 0.05) is 36.9 Å². The van der Waals surface area contributed by atoms with E-state index >= 15 is 0 Å². The zero-order valence-corrected chi connectivity index (χ0v) is 18.5. The van der Waals surface area contributed by atoms with E-state index in [4.69, 9.17) is 9.72 Å². The smallest absolute Gasteiger partial charge is 0.219 e. The van der Waals surface area contributed by atoms with Crippen molar-refractivity contribution in [3.05, 3.63) is 71.9 Å². The molecule has 2 aromatic carbocycles. The van der Waals surface area contributed by atoms with E-state index in [0.29, 0.717) is 22.9 Å². The van der Waals surface area contributed by atoms with Crippen molar-refractivity contribution in [1.29, 1.82) is 0 Å². The normalized spacial score (nSPS) is 15.7. The molecule has 1 unspecified atom stereocenters. The zero-order chi connectivity index (χ0) is 22.9. The fraction of sp³-hybridized carbons (Fsp3) is 0.231. The van der Waals surface area contributed by atoms with Crippen molar-refractivity contribution in [2.24, 2.45) is 0 Å². The van der Waals surface area contributed by atoms with Gasteiger partial charge in [0.05, 0.1) is 17.1 Å². The molecule has 0 bridgehead atoms. The number of Topliss-reactive ketones (excluding diaryl/α,β-unsaturated/α-hetero) is 1. The monoisotopic (exact) mass is 440 g/mol.